The predicted molar refractivity (Wildman–Crippen MR) is 135 cm³/mol. The smallest absolute Gasteiger partial charge is 0.250 e. The Hall–Kier alpha value is -3.56. The number of amides is 1. The van der Waals surface area contributed by atoms with Crippen LogP contribution in [0.15, 0.2) is 77.1 Å². The molecule has 2 aromatic carbocycles. The second kappa shape index (κ2) is 11.0. The number of halogens is 1. The van der Waals surface area contributed by atoms with Gasteiger partial charge in [0.2, 0.25) is 0 Å². The number of carbonyl (C=O) groups excluding carboxylic acids is 1. The van der Waals surface area contributed by atoms with Crippen LogP contribution in [0.1, 0.15) is 12.6 Å². The van der Waals surface area contributed by atoms with E-state index in [1.807, 2.05) is 77.8 Å². The normalized spacial score (nSPS) is 11.1. The van der Waals surface area contributed by atoms with Crippen molar-refractivity contribution in [1.29, 1.82) is 0 Å². The molecule has 0 aliphatic heterocycles. The van der Waals surface area contributed by atoms with E-state index in [1.165, 1.54) is 11.8 Å². The van der Waals surface area contributed by atoms with Crippen molar-refractivity contribution in [3.05, 3.63) is 77.6 Å². The highest BCUT2D eigenvalue weighted by Crippen LogP contribution is 2.29. The van der Waals surface area contributed by atoms with E-state index in [0.29, 0.717) is 22.6 Å². The standard InChI is InChI=1S/C24H23ClN6O2S/c1-3-33-21-12-10-19(11-13-21)31-23(17-6-8-18(25)9-7-17)28-29-24(31)34-16-22(32)27-26-15-20-5-4-14-30(20)2/h4-15H,3,16H2,1-2H3,(H,27,32). The number of thioether (sulfide) groups is 1. The molecule has 0 atom stereocenters. The van der Waals surface area contributed by atoms with Crippen LogP contribution in [-0.2, 0) is 11.8 Å². The highest BCUT2D eigenvalue weighted by atomic mass is 35.5. The van der Waals surface area contributed by atoms with Crippen molar-refractivity contribution in [3.63, 3.8) is 0 Å². The quantitative estimate of drug-likeness (QED) is 0.209. The first-order valence-corrected chi connectivity index (χ1v) is 11.9. The maximum Gasteiger partial charge on any atom is 0.250 e. The van der Waals surface area contributed by atoms with Gasteiger partial charge in [0.15, 0.2) is 11.0 Å². The number of nitrogens with one attached hydrogen (secondary N) is 1. The fraction of sp³-hybridized carbons (Fsp3) is 0.167. The zero-order valence-electron chi connectivity index (χ0n) is 18.7. The van der Waals surface area contributed by atoms with E-state index in [2.05, 4.69) is 20.7 Å². The summed E-state index contributed by atoms with van der Waals surface area (Å²) in [5.41, 5.74) is 5.14. The summed E-state index contributed by atoms with van der Waals surface area (Å²) in [5, 5.41) is 14.0. The van der Waals surface area contributed by atoms with E-state index in [9.17, 15) is 4.79 Å². The Bertz CT molecular complexity index is 1280. The molecule has 1 N–H and O–H groups in total. The molecular weight excluding hydrogens is 472 g/mol. The number of hydrogen-bond acceptors (Lipinski definition) is 6. The van der Waals surface area contributed by atoms with Crippen LogP contribution in [0.3, 0.4) is 0 Å². The van der Waals surface area contributed by atoms with Gasteiger partial charge in [-0.15, -0.1) is 10.2 Å². The highest BCUT2D eigenvalue weighted by Gasteiger charge is 2.17. The monoisotopic (exact) mass is 494 g/mol. The first kappa shape index (κ1) is 23.6. The maximum atomic E-state index is 12.4. The molecule has 34 heavy (non-hydrogen) atoms. The Balaban J connectivity index is 1.54. The number of rotatable bonds is 9. The van der Waals surface area contributed by atoms with E-state index in [4.69, 9.17) is 16.3 Å². The average Bonchev–Trinajstić information content (AvgIpc) is 3.45. The molecule has 0 aliphatic rings. The summed E-state index contributed by atoms with van der Waals surface area (Å²) >= 11 is 7.33. The van der Waals surface area contributed by atoms with E-state index >= 15 is 0 Å². The molecule has 0 aliphatic carbocycles. The number of ether oxygens (including phenoxy) is 1. The number of aromatic nitrogens is 4. The molecule has 0 bridgehead atoms. The Morgan fingerprint density at radius 3 is 2.59 bits per heavy atom. The minimum atomic E-state index is -0.246. The first-order chi connectivity index (χ1) is 16.5. The van der Waals surface area contributed by atoms with Gasteiger partial charge < -0.3 is 9.30 Å². The van der Waals surface area contributed by atoms with Crippen molar-refractivity contribution in [2.75, 3.05) is 12.4 Å². The number of nitrogens with zero attached hydrogens (tertiary/aromatic N) is 5. The van der Waals surface area contributed by atoms with Gasteiger partial charge in [-0.2, -0.15) is 5.10 Å². The molecule has 0 radical (unpaired) electrons. The van der Waals surface area contributed by atoms with Gasteiger partial charge in [-0.05, 0) is 67.6 Å². The molecule has 4 rings (SSSR count). The molecule has 0 saturated carbocycles. The molecular formula is C24H23ClN6O2S. The Kier molecular flexibility index (Phi) is 7.66. The number of aryl methyl sites for hydroxylation is 1. The van der Waals surface area contributed by atoms with Gasteiger partial charge in [0.25, 0.3) is 5.91 Å². The van der Waals surface area contributed by atoms with Gasteiger partial charge in [-0.25, -0.2) is 5.43 Å². The molecule has 2 aromatic heterocycles. The summed E-state index contributed by atoms with van der Waals surface area (Å²) in [6.07, 6.45) is 3.51. The zero-order chi connectivity index (χ0) is 23.9. The van der Waals surface area contributed by atoms with Crippen molar-refractivity contribution in [1.82, 2.24) is 24.8 Å². The van der Waals surface area contributed by atoms with Crippen LogP contribution in [0, 0.1) is 0 Å². The molecule has 0 saturated heterocycles. The predicted octanol–water partition coefficient (Wildman–Crippen LogP) is 4.57. The van der Waals surface area contributed by atoms with E-state index in [0.717, 1.165) is 22.7 Å². The van der Waals surface area contributed by atoms with Crippen molar-refractivity contribution in [2.45, 2.75) is 12.1 Å². The third-order valence-electron chi connectivity index (χ3n) is 4.84. The highest BCUT2D eigenvalue weighted by molar-refractivity contribution is 7.99. The number of carbonyl (C=O) groups is 1. The molecule has 0 fully saturated rings. The lowest BCUT2D eigenvalue weighted by Gasteiger charge is -2.11. The van der Waals surface area contributed by atoms with Gasteiger partial charge >= 0.3 is 0 Å². The minimum Gasteiger partial charge on any atom is -0.494 e. The lowest BCUT2D eigenvalue weighted by atomic mass is 10.2. The molecule has 0 spiro atoms. The third-order valence-corrected chi connectivity index (χ3v) is 6.02. The topological polar surface area (TPSA) is 86.3 Å². The fourth-order valence-electron chi connectivity index (χ4n) is 3.18. The molecule has 8 nitrogen and oxygen atoms in total. The lowest BCUT2D eigenvalue weighted by molar-refractivity contribution is -0.118. The van der Waals surface area contributed by atoms with Crippen LogP contribution in [0.25, 0.3) is 17.1 Å². The molecule has 2 heterocycles. The second-order valence-corrected chi connectivity index (χ2v) is 8.58. The van der Waals surface area contributed by atoms with Crippen LogP contribution in [0.2, 0.25) is 5.02 Å². The fourth-order valence-corrected chi connectivity index (χ4v) is 4.05. The largest absolute Gasteiger partial charge is 0.494 e. The molecule has 4 aromatic rings. The molecule has 0 unspecified atom stereocenters. The summed E-state index contributed by atoms with van der Waals surface area (Å²) in [4.78, 5) is 12.4. The molecule has 1 amide bonds. The summed E-state index contributed by atoms with van der Waals surface area (Å²) in [6, 6.07) is 18.8. The van der Waals surface area contributed by atoms with Crippen LogP contribution < -0.4 is 10.2 Å². The van der Waals surface area contributed by atoms with Gasteiger partial charge in [0.1, 0.15) is 5.75 Å². The van der Waals surface area contributed by atoms with Crippen molar-refractivity contribution >= 4 is 35.5 Å². The van der Waals surface area contributed by atoms with Crippen molar-refractivity contribution in [3.8, 4) is 22.8 Å². The van der Waals surface area contributed by atoms with Crippen LogP contribution in [-0.4, -0.2) is 43.8 Å². The first-order valence-electron chi connectivity index (χ1n) is 10.6. The summed E-state index contributed by atoms with van der Waals surface area (Å²) in [5.74, 6) is 1.30. The van der Waals surface area contributed by atoms with E-state index in [1.54, 1.807) is 18.3 Å². The third kappa shape index (κ3) is 5.67. The Morgan fingerprint density at radius 2 is 1.91 bits per heavy atom. The lowest BCUT2D eigenvalue weighted by Crippen LogP contribution is -2.20. The van der Waals surface area contributed by atoms with E-state index < -0.39 is 0 Å². The van der Waals surface area contributed by atoms with Crippen LogP contribution in [0.5, 0.6) is 5.75 Å². The van der Waals surface area contributed by atoms with Crippen molar-refractivity contribution < 1.29 is 9.53 Å². The number of benzene rings is 2. The maximum absolute atomic E-state index is 12.4. The van der Waals surface area contributed by atoms with Gasteiger partial charge in [0, 0.05) is 29.5 Å². The Morgan fingerprint density at radius 1 is 1.15 bits per heavy atom. The van der Waals surface area contributed by atoms with Crippen molar-refractivity contribution in [2.24, 2.45) is 12.1 Å². The molecule has 10 heteroatoms. The minimum absolute atomic E-state index is 0.125. The number of hydrogen-bond donors (Lipinski definition) is 1. The summed E-state index contributed by atoms with van der Waals surface area (Å²) in [6.45, 7) is 2.53. The Labute approximate surface area is 206 Å². The van der Waals surface area contributed by atoms with Gasteiger partial charge in [-0.3, -0.25) is 9.36 Å². The molecule has 174 valence electrons. The van der Waals surface area contributed by atoms with Gasteiger partial charge in [0.05, 0.1) is 24.3 Å². The SMILES string of the molecule is CCOc1ccc(-n2c(SCC(=O)NN=Cc3cccn3C)nnc2-c2ccc(Cl)cc2)cc1. The summed E-state index contributed by atoms with van der Waals surface area (Å²) < 4.78 is 9.37. The van der Waals surface area contributed by atoms with E-state index in [-0.39, 0.29) is 11.7 Å². The number of hydrazone groups is 1. The average molecular weight is 495 g/mol. The van der Waals surface area contributed by atoms with Crippen LogP contribution >= 0.6 is 23.4 Å². The van der Waals surface area contributed by atoms with Gasteiger partial charge in [-0.1, -0.05) is 23.4 Å². The van der Waals surface area contributed by atoms with Crippen LogP contribution in [0.4, 0.5) is 0 Å². The summed E-state index contributed by atoms with van der Waals surface area (Å²) in [7, 11) is 1.91. The second-order valence-electron chi connectivity index (χ2n) is 7.20. The zero-order valence-corrected chi connectivity index (χ0v) is 20.3.